The summed E-state index contributed by atoms with van der Waals surface area (Å²) in [6, 6.07) is 0.604. The fraction of sp³-hybridized carbons (Fsp3) is 0.929. The average Bonchev–Trinajstić information content (AvgIpc) is 2.79. The van der Waals surface area contributed by atoms with E-state index >= 15 is 0 Å². The van der Waals surface area contributed by atoms with Gasteiger partial charge < -0.3 is 5.11 Å². The van der Waals surface area contributed by atoms with E-state index in [-0.39, 0.29) is 0 Å². The second kappa shape index (κ2) is 5.57. The van der Waals surface area contributed by atoms with Gasteiger partial charge in [0, 0.05) is 38.8 Å². The van der Waals surface area contributed by atoms with Crippen LogP contribution < -0.4 is 0 Å². The third-order valence-corrected chi connectivity index (χ3v) is 4.68. The lowest BCUT2D eigenvalue weighted by Gasteiger charge is -2.40. The summed E-state index contributed by atoms with van der Waals surface area (Å²) >= 11 is 0. The first-order chi connectivity index (χ1) is 8.53. The van der Waals surface area contributed by atoms with Gasteiger partial charge in [-0.15, -0.1) is 0 Å². The van der Waals surface area contributed by atoms with Gasteiger partial charge in [0.1, 0.15) is 0 Å². The number of hydrogen-bond acceptors (Lipinski definition) is 3. The first-order valence-electron chi connectivity index (χ1n) is 7.23. The molecule has 18 heavy (non-hydrogen) atoms. The van der Waals surface area contributed by atoms with E-state index in [1.165, 1.54) is 0 Å². The number of carboxylic acid groups (broad SMARTS) is 1. The molecule has 2 rings (SSSR count). The van der Waals surface area contributed by atoms with Crippen molar-refractivity contribution in [3.8, 4) is 0 Å². The summed E-state index contributed by atoms with van der Waals surface area (Å²) < 4.78 is 0. The Kier molecular flexibility index (Phi) is 4.28. The third kappa shape index (κ3) is 2.86. The Balaban J connectivity index is 1.88. The first-order valence-corrected chi connectivity index (χ1v) is 7.23. The highest BCUT2D eigenvalue weighted by molar-refractivity contribution is 5.75. The first kappa shape index (κ1) is 13.8. The van der Waals surface area contributed by atoms with E-state index in [1.807, 2.05) is 0 Å². The maximum absolute atomic E-state index is 11.5. The van der Waals surface area contributed by atoms with Crippen LogP contribution in [0.4, 0.5) is 0 Å². The molecule has 104 valence electrons. The van der Waals surface area contributed by atoms with E-state index in [1.54, 1.807) is 0 Å². The zero-order valence-electron chi connectivity index (χ0n) is 11.7. The SMILES string of the molecule is CC(C)N1CCN(CC2(C(=O)O)CCCC2)CC1. The predicted octanol–water partition coefficient (Wildman–Crippen LogP) is 1.66. The van der Waals surface area contributed by atoms with Crippen molar-refractivity contribution in [3.05, 3.63) is 0 Å². The van der Waals surface area contributed by atoms with Gasteiger partial charge in [0.15, 0.2) is 0 Å². The molecule has 0 spiro atoms. The van der Waals surface area contributed by atoms with Crippen LogP contribution in [0.1, 0.15) is 39.5 Å². The molecule has 0 aromatic carbocycles. The third-order valence-electron chi connectivity index (χ3n) is 4.68. The van der Waals surface area contributed by atoms with E-state index in [9.17, 15) is 9.90 Å². The van der Waals surface area contributed by atoms with Gasteiger partial charge in [-0.25, -0.2) is 0 Å². The molecule has 1 aliphatic carbocycles. The van der Waals surface area contributed by atoms with Crippen LogP contribution in [0.3, 0.4) is 0 Å². The van der Waals surface area contributed by atoms with Crippen LogP contribution in [0, 0.1) is 5.41 Å². The number of rotatable bonds is 4. The van der Waals surface area contributed by atoms with Crippen molar-refractivity contribution in [1.29, 1.82) is 0 Å². The van der Waals surface area contributed by atoms with E-state index in [0.717, 1.165) is 58.4 Å². The molecule has 0 amide bonds. The lowest BCUT2D eigenvalue weighted by molar-refractivity contribution is -0.150. The quantitative estimate of drug-likeness (QED) is 0.828. The molecule has 1 aliphatic heterocycles. The van der Waals surface area contributed by atoms with Crippen molar-refractivity contribution < 1.29 is 9.90 Å². The molecule has 2 aliphatic rings. The van der Waals surface area contributed by atoms with Gasteiger partial charge >= 0.3 is 5.97 Å². The number of carboxylic acids is 1. The van der Waals surface area contributed by atoms with Gasteiger partial charge in [0.2, 0.25) is 0 Å². The van der Waals surface area contributed by atoms with Crippen LogP contribution in [0.2, 0.25) is 0 Å². The molecule has 0 unspecified atom stereocenters. The molecule has 1 heterocycles. The van der Waals surface area contributed by atoms with E-state index in [0.29, 0.717) is 6.04 Å². The van der Waals surface area contributed by atoms with Crippen LogP contribution in [0.5, 0.6) is 0 Å². The standard InChI is InChI=1S/C14H26N2O2/c1-12(2)16-9-7-15(8-10-16)11-14(13(17)18)5-3-4-6-14/h12H,3-11H2,1-2H3,(H,17,18). The van der Waals surface area contributed by atoms with Gasteiger partial charge in [0.05, 0.1) is 5.41 Å². The molecule has 4 nitrogen and oxygen atoms in total. The highest BCUT2D eigenvalue weighted by Crippen LogP contribution is 2.39. The topological polar surface area (TPSA) is 43.8 Å². The Morgan fingerprint density at radius 2 is 1.72 bits per heavy atom. The molecule has 1 saturated heterocycles. The summed E-state index contributed by atoms with van der Waals surface area (Å²) in [4.78, 5) is 16.4. The zero-order chi connectivity index (χ0) is 13.2. The van der Waals surface area contributed by atoms with Crippen molar-refractivity contribution in [2.45, 2.75) is 45.6 Å². The summed E-state index contributed by atoms with van der Waals surface area (Å²) in [7, 11) is 0. The van der Waals surface area contributed by atoms with Crippen molar-refractivity contribution in [2.75, 3.05) is 32.7 Å². The minimum absolute atomic E-state index is 0.444. The Morgan fingerprint density at radius 1 is 1.17 bits per heavy atom. The Bertz CT molecular complexity index is 290. The lowest BCUT2D eigenvalue weighted by Crippen LogP contribution is -2.52. The molecule has 0 radical (unpaired) electrons. The number of carbonyl (C=O) groups is 1. The Hall–Kier alpha value is -0.610. The minimum Gasteiger partial charge on any atom is -0.481 e. The fourth-order valence-corrected chi connectivity index (χ4v) is 3.36. The van der Waals surface area contributed by atoms with Gasteiger partial charge in [-0.1, -0.05) is 12.8 Å². The van der Waals surface area contributed by atoms with Gasteiger partial charge in [-0.3, -0.25) is 14.6 Å². The fourth-order valence-electron chi connectivity index (χ4n) is 3.36. The zero-order valence-corrected chi connectivity index (χ0v) is 11.7. The van der Waals surface area contributed by atoms with Crippen LogP contribution in [-0.4, -0.2) is 59.6 Å². The van der Waals surface area contributed by atoms with E-state index in [4.69, 9.17) is 0 Å². The smallest absolute Gasteiger partial charge is 0.310 e. The molecule has 2 fully saturated rings. The molecule has 0 aromatic rings. The summed E-state index contributed by atoms with van der Waals surface area (Å²) in [5.74, 6) is -0.578. The Morgan fingerprint density at radius 3 is 2.17 bits per heavy atom. The van der Waals surface area contributed by atoms with Crippen LogP contribution in [-0.2, 0) is 4.79 Å². The number of aliphatic carboxylic acids is 1. The number of piperazine rings is 1. The molecular formula is C14H26N2O2. The van der Waals surface area contributed by atoms with E-state index in [2.05, 4.69) is 23.6 Å². The summed E-state index contributed by atoms with van der Waals surface area (Å²) in [6.45, 7) is 9.41. The van der Waals surface area contributed by atoms with Crippen molar-refractivity contribution in [2.24, 2.45) is 5.41 Å². The number of hydrogen-bond donors (Lipinski definition) is 1. The maximum Gasteiger partial charge on any atom is 0.310 e. The Labute approximate surface area is 110 Å². The van der Waals surface area contributed by atoms with Crippen molar-refractivity contribution >= 4 is 5.97 Å². The largest absolute Gasteiger partial charge is 0.481 e. The maximum atomic E-state index is 11.5. The summed E-state index contributed by atoms with van der Waals surface area (Å²) in [6.07, 6.45) is 3.90. The second-order valence-corrected chi connectivity index (χ2v) is 6.20. The summed E-state index contributed by atoms with van der Waals surface area (Å²) in [5.41, 5.74) is -0.444. The van der Waals surface area contributed by atoms with Gasteiger partial charge in [-0.05, 0) is 26.7 Å². The van der Waals surface area contributed by atoms with E-state index < -0.39 is 11.4 Å². The van der Waals surface area contributed by atoms with Gasteiger partial charge in [-0.2, -0.15) is 0 Å². The monoisotopic (exact) mass is 254 g/mol. The predicted molar refractivity (Wildman–Crippen MR) is 71.7 cm³/mol. The molecule has 0 atom stereocenters. The molecule has 1 N–H and O–H groups in total. The molecule has 1 saturated carbocycles. The molecule has 0 aromatic heterocycles. The summed E-state index contributed by atoms with van der Waals surface area (Å²) in [5, 5.41) is 9.50. The van der Waals surface area contributed by atoms with Crippen molar-refractivity contribution in [3.63, 3.8) is 0 Å². The molecule has 0 bridgehead atoms. The van der Waals surface area contributed by atoms with Crippen LogP contribution >= 0.6 is 0 Å². The normalized spacial score (nSPS) is 25.7. The number of nitrogens with zero attached hydrogens (tertiary/aromatic N) is 2. The van der Waals surface area contributed by atoms with Crippen LogP contribution in [0.25, 0.3) is 0 Å². The highest BCUT2D eigenvalue weighted by atomic mass is 16.4. The van der Waals surface area contributed by atoms with Crippen molar-refractivity contribution in [1.82, 2.24) is 9.80 Å². The molecule has 4 heteroatoms. The minimum atomic E-state index is -0.578. The second-order valence-electron chi connectivity index (χ2n) is 6.20. The molecular weight excluding hydrogens is 228 g/mol. The lowest BCUT2D eigenvalue weighted by atomic mass is 9.85. The average molecular weight is 254 g/mol. The van der Waals surface area contributed by atoms with Crippen LogP contribution in [0.15, 0.2) is 0 Å². The van der Waals surface area contributed by atoms with Gasteiger partial charge in [0.25, 0.3) is 0 Å². The highest BCUT2D eigenvalue weighted by Gasteiger charge is 2.42.